The van der Waals surface area contributed by atoms with Crippen molar-refractivity contribution in [3.63, 3.8) is 0 Å². The van der Waals surface area contributed by atoms with E-state index in [1.54, 1.807) is 0 Å². The van der Waals surface area contributed by atoms with Crippen molar-refractivity contribution < 1.29 is 9.59 Å². The Morgan fingerprint density at radius 1 is 1.15 bits per heavy atom. The molecule has 0 aromatic heterocycles. The van der Waals surface area contributed by atoms with Gasteiger partial charge in [0.1, 0.15) is 6.04 Å². The average molecular weight is 476 g/mol. The summed E-state index contributed by atoms with van der Waals surface area (Å²) in [6.07, 6.45) is 8.68. The van der Waals surface area contributed by atoms with Gasteiger partial charge < -0.3 is 10.6 Å². The number of allylic oxidation sites excluding steroid dienone is 2. The van der Waals surface area contributed by atoms with Crippen LogP contribution in [0.3, 0.4) is 0 Å². The van der Waals surface area contributed by atoms with E-state index in [9.17, 15) is 9.59 Å². The minimum Gasteiger partial charge on any atom is -0.350 e. The van der Waals surface area contributed by atoms with Gasteiger partial charge in [0.2, 0.25) is 5.91 Å². The number of carbonyl (C=O) groups excluding carboxylic acids is 2. The third-order valence-corrected chi connectivity index (χ3v) is 6.65. The lowest BCUT2D eigenvalue weighted by Crippen LogP contribution is -2.50. The van der Waals surface area contributed by atoms with Crippen LogP contribution in [0.2, 0.25) is 0 Å². The third kappa shape index (κ3) is 6.39. The molecule has 1 heterocycles. The predicted molar refractivity (Wildman–Crippen MR) is 142 cm³/mol. The Balaban J connectivity index is 1.36. The highest BCUT2D eigenvalue weighted by atomic mass is 32.1. The van der Waals surface area contributed by atoms with E-state index in [4.69, 9.17) is 12.2 Å². The van der Waals surface area contributed by atoms with Crippen LogP contribution in [0.15, 0.2) is 66.3 Å². The number of benzene rings is 2. The van der Waals surface area contributed by atoms with Crippen LogP contribution in [0.1, 0.15) is 43.5 Å². The van der Waals surface area contributed by atoms with Crippen molar-refractivity contribution in [3.8, 4) is 0 Å². The maximum Gasteiger partial charge on any atom is 0.251 e. The van der Waals surface area contributed by atoms with E-state index >= 15 is 0 Å². The highest BCUT2D eigenvalue weighted by molar-refractivity contribution is 7.80. The smallest absolute Gasteiger partial charge is 0.251 e. The standard InChI is InChI=1S/C28H33N3O2S/c1-19(2)14-26(30-27(32)23-11-10-21-7-3-4-8-22(21)16-23)28(33)29-24-12-13-31(18-24)17-20-6-5-9-25(34)15-20/h3-8,10-11,15-16,19,24,26H,9,12-14,17-18H2,1-2H3,(H,29,33)(H,30,32)/t24-,26-/m0/s1. The van der Waals surface area contributed by atoms with Crippen LogP contribution in [0.4, 0.5) is 0 Å². The number of fused-ring (bicyclic) bond motifs is 1. The Kier molecular flexibility index (Phi) is 7.91. The van der Waals surface area contributed by atoms with Gasteiger partial charge in [0.25, 0.3) is 5.91 Å². The summed E-state index contributed by atoms with van der Waals surface area (Å²) in [7, 11) is 0. The van der Waals surface area contributed by atoms with Gasteiger partial charge in [-0.05, 0) is 53.3 Å². The van der Waals surface area contributed by atoms with E-state index in [-0.39, 0.29) is 23.8 Å². The molecule has 2 N–H and O–H groups in total. The van der Waals surface area contributed by atoms with Crippen molar-refractivity contribution in [1.82, 2.24) is 15.5 Å². The first-order valence-corrected chi connectivity index (χ1v) is 12.5. The molecule has 6 heteroatoms. The number of carbonyl (C=O) groups is 2. The van der Waals surface area contributed by atoms with E-state index in [0.29, 0.717) is 12.0 Å². The zero-order valence-electron chi connectivity index (χ0n) is 19.9. The number of likely N-dealkylation sites (tertiary alicyclic amines) is 1. The minimum atomic E-state index is -0.561. The van der Waals surface area contributed by atoms with Crippen molar-refractivity contribution in [2.24, 2.45) is 5.92 Å². The molecule has 2 aromatic carbocycles. The monoisotopic (exact) mass is 475 g/mol. The summed E-state index contributed by atoms with van der Waals surface area (Å²) in [6.45, 7) is 6.71. The van der Waals surface area contributed by atoms with Crippen LogP contribution in [0, 0.1) is 5.92 Å². The summed E-state index contributed by atoms with van der Waals surface area (Å²) in [5, 5.41) is 8.27. The molecule has 1 saturated heterocycles. The molecule has 0 radical (unpaired) electrons. The average Bonchev–Trinajstić information content (AvgIpc) is 3.24. The van der Waals surface area contributed by atoms with Crippen molar-refractivity contribution in [2.45, 2.75) is 45.2 Å². The second kappa shape index (κ2) is 11.1. The van der Waals surface area contributed by atoms with E-state index in [0.717, 1.165) is 48.1 Å². The van der Waals surface area contributed by atoms with Crippen LogP contribution in [-0.4, -0.2) is 53.3 Å². The fourth-order valence-corrected chi connectivity index (χ4v) is 4.92. The maximum atomic E-state index is 13.2. The number of hydrogen-bond acceptors (Lipinski definition) is 4. The predicted octanol–water partition coefficient (Wildman–Crippen LogP) is 4.43. The molecule has 5 nitrogen and oxygen atoms in total. The third-order valence-electron chi connectivity index (χ3n) is 6.36. The zero-order chi connectivity index (χ0) is 24.1. The van der Waals surface area contributed by atoms with Gasteiger partial charge in [0, 0.05) is 42.5 Å². The number of rotatable bonds is 8. The van der Waals surface area contributed by atoms with Crippen molar-refractivity contribution >= 4 is 39.7 Å². The Bertz CT molecular complexity index is 1140. The van der Waals surface area contributed by atoms with Gasteiger partial charge in [-0.25, -0.2) is 0 Å². The fraction of sp³-hybridized carbons (Fsp3) is 0.393. The summed E-state index contributed by atoms with van der Waals surface area (Å²) in [5.74, 6) is -0.0409. The molecule has 0 spiro atoms. The van der Waals surface area contributed by atoms with Crippen LogP contribution < -0.4 is 10.6 Å². The molecule has 0 bridgehead atoms. The summed E-state index contributed by atoms with van der Waals surface area (Å²) in [4.78, 5) is 29.5. The normalized spacial score (nSPS) is 19.3. The van der Waals surface area contributed by atoms with Gasteiger partial charge in [-0.3, -0.25) is 14.5 Å². The Morgan fingerprint density at radius 3 is 2.71 bits per heavy atom. The van der Waals surface area contributed by atoms with E-state index in [2.05, 4.69) is 47.6 Å². The van der Waals surface area contributed by atoms with Crippen LogP contribution in [0.25, 0.3) is 10.8 Å². The molecule has 1 fully saturated rings. The van der Waals surface area contributed by atoms with Crippen LogP contribution in [0.5, 0.6) is 0 Å². The first-order chi connectivity index (χ1) is 16.4. The van der Waals surface area contributed by atoms with Gasteiger partial charge in [-0.2, -0.15) is 0 Å². The summed E-state index contributed by atoms with van der Waals surface area (Å²) in [6, 6.07) is 13.1. The molecule has 2 aliphatic rings. The second-order valence-electron chi connectivity index (χ2n) is 9.74. The zero-order valence-corrected chi connectivity index (χ0v) is 20.7. The van der Waals surface area contributed by atoms with Crippen molar-refractivity contribution in [2.75, 3.05) is 19.6 Å². The number of hydrogen-bond donors (Lipinski definition) is 2. The van der Waals surface area contributed by atoms with Crippen molar-refractivity contribution in [3.05, 3.63) is 71.8 Å². The Morgan fingerprint density at radius 2 is 1.94 bits per heavy atom. The molecule has 0 unspecified atom stereocenters. The molecular weight excluding hydrogens is 442 g/mol. The maximum absolute atomic E-state index is 13.2. The van der Waals surface area contributed by atoms with E-state index < -0.39 is 6.04 Å². The molecule has 0 saturated carbocycles. The lowest BCUT2D eigenvalue weighted by atomic mass is 10.0. The molecule has 4 rings (SSSR count). The highest BCUT2D eigenvalue weighted by Gasteiger charge is 2.28. The fourth-order valence-electron chi connectivity index (χ4n) is 4.67. The topological polar surface area (TPSA) is 61.4 Å². The van der Waals surface area contributed by atoms with E-state index in [1.165, 1.54) is 5.57 Å². The van der Waals surface area contributed by atoms with Gasteiger partial charge in [0.05, 0.1) is 0 Å². The van der Waals surface area contributed by atoms with Crippen LogP contribution >= 0.6 is 12.2 Å². The Hall–Kier alpha value is -2.83. The molecule has 34 heavy (non-hydrogen) atoms. The Labute approximate surface area is 207 Å². The van der Waals surface area contributed by atoms with Crippen molar-refractivity contribution in [1.29, 1.82) is 0 Å². The highest BCUT2D eigenvalue weighted by Crippen LogP contribution is 2.18. The molecule has 1 aliphatic carbocycles. The summed E-state index contributed by atoms with van der Waals surface area (Å²) >= 11 is 5.32. The lowest BCUT2D eigenvalue weighted by molar-refractivity contribution is -0.124. The number of amides is 2. The van der Waals surface area contributed by atoms with Gasteiger partial charge in [0.15, 0.2) is 0 Å². The molecule has 2 aromatic rings. The first-order valence-electron chi connectivity index (χ1n) is 12.1. The number of thiocarbonyl (C=S) groups is 1. The molecule has 178 valence electrons. The molecular formula is C28H33N3O2S. The quantitative estimate of drug-likeness (QED) is 0.555. The molecule has 2 atom stereocenters. The van der Waals surface area contributed by atoms with Gasteiger partial charge >= 0.3 is 0 Å². The van der Waals surface area contributed by atoms with E-state index in [1.807, 2.05) is 42.5 Å². The number of nitrogens with one attached hydrogen (secondary N) is 2. The van der Waals surface area contributed by atoms with Gasteiger partial charge in [-0.15, -0.1) is 0 Å². The molecule has 2 amide bonds. The minimum absolute atomic E-state index is 0.0832. The SMILES string of the molecule is CC(C)C[C@H](NC(=O)c1ccc2ccccc2c1)C(=O)N[C@H]1CCN(CC2=CC(=S)CC=C2)C1. The second-order valence-corrected chi connectivity index (χ2v) is 10.3. The lowest BCUT2D eigenvalue weighted by Gasteiger charge is -2.23. The van der Waals surface area contributed by atoms with Gasteiger partial charge in [-0.1, -0.05) is 68.5 Å². The largest absolute Gasteiger partial charge is 0.350 e. The summed E-state index contributed by atoms with van der Waals surface area (Å²) in [5.41, 5.74) is 1.79. The number of nitrogens with zero attached hydrogens (tertiary/aromatic N) is 1. The summed E-state index contributed by atoms with van der Waals surface area (Å²) < 4.78 is 0. The van der Waals surface area contributed by atoms with Crippen LogP contribution in [-0.2, 0) is 4.79 Å². The first kappa shape index (κ1) is 24.3. The molecule has 1 aliphatic heterocycles.